The Kier molecular flexibility index (Phi) is 9.77. The molecule has 0 fully saturated rings. The van der Waals surface area contributed by atoms with Crippen molar-refractivity contribution in [1.29, 1.82) is 0 Å². The Bertz CT molecular complexity index is 3630. The summed E-state index contributed by atoms with van der Waals surface area (Å²) in [6.07, 6.45) is 0. The maximum Gasteiger partial charge on any atom is 0.159 e. The van der Waals surface area contributed by atoms with Gasteiger partial charge in [-0.05, 0) is 115 Å². The molecule has 11 aromatic carbocycles. The molecule has 13 rings (SSSR count). The summed E-state index contributed by atoms with van der Waals surface area (Å²) < 4.78 is 7.43. The van der Waals surface area contributed by atoms with E-state index in [0.717, 1.165) is 55.7 Å². The molecule has 2 nitrogen and oxygen atoms in total. The van der Waals surface area contributed by atoms with Crippen molar-refractivity contribution in [3.05, 3.63) is 295 Å². The first-order chi connectivity index (χ1) is 34.2. The van der Waals surface area contributed by atoms with Gasteiger partial charge >= 0.3 is 0 Å². The van der Waals surface area contributed by atoms with Crippen molar-refractivity contribution in [3.63, 3.8) is 0 Å². The van der Waals surface area contributed by atoms with Crippen LogP contribution in [0.15, 0.2) is 277 Å². The molecule has 0 spiro atoms. The van der Waals surface area contributed by atoms with Crippen molar-refractivity contribution in [1.82, 2.24) is 0 Å². The van der Waals surface area contributed by atoms with E-state index in [1.54, 1.807) is 0 Å². The average molecular weight is 880 g/mol. The first-order valence-corrected chi connectivity index (χ1v) is 23.7. The predicted octanol–water partition coefficient (Wildman–Crippen LogP) is 18.1. The van der Waals surface area contributed by atoms with Crippen LogP contribution in [-0.2, 0) is 5.41 Å². The van der Waals surface area contributed by atoms with Crippen molar-refractivity contribution in [2.24, 2.45) is 0 Å². The SMILES string of the molecule is c1ccc(-c2cccc(-c3ccc(N(c4ccc(-c5cccc(-c6ccccc6)c5)cc4)c4cccc5c4oc4c6c(ccc45)C(c4ccccc4)(c4ccccc4)c4ccccc4-6)cc3)c2)cc1. The van der Waals surface area contributed by atoms with Gasteiger partial charge in [0.05, 0.1) is 11.1 Å². The van der Waals surface area contributed by atoms with Crippen molar-refractivity contribution in [3.8, 4) is 55.6 Å². The van der Waals surface area contributed by atoms with E-state index in [1.165, 1.54) is 61.2 Å². The lowest BCUT2D eigenvalue weighted by atomic mass is 9.68. The molecule has 0 saturated carbocycles. The van der Waals surface area contributed by atoms with E-state index in [1.807, 2.05) is 0 Å². The Hall–Kier alpha value is -8.98. The zero-order valence-electron chi connectivity index (χ0n) is 37.8. The van der Waals surface area contributed by atoms with Crippen molar-refractivity contribution >= 4 is 39.0 Å². The summed E-state index contributed by atoms with van der Waals surface area (Å²) in [4.78, 5) is 2.35. The fourth-order valence-corrected chi connectivity index (χ4v) is 11.0. The Balaban J connectivity index is 0.982. The van der Waals surface area contributed by atoms with E-state index in [4.69, 9.17) is 4.42 Å². The third kappa shape index (κ3) is 6.72. The zero-order valence-corrected chi connectivity index (χ0v) is 37.8. The number of para-hydroxylation sites is 1. The molecule has 0 bridgehead atoms. The monoisotopic (exact) mass is 879 g/mol. The lowest BCUT2D eigenvalue weighted by Crippen LogP contribution is -2.28. The van der Waals surface area contributed by atoms with Crippen LogP contribution in [0.5, 0.6) is 0 Å². The molecule has 0 atom stereocenters. The minimum absolute atomic E-state index is 0.527. The summed E-state index contributed by atoms with van der Waals surface area (Å²) in [5.74, 6) is 0. The van der Waals surface area contributed by atoms with Crippen molar-refractivity contribution < 1.29 is 4.42 Å². The maximum absolute atomic E-state index is 7.43. The molecular weight excluding hydrogens is 835 g/mol. The maximum atomic E-state index is 7.43. The van der Waals surface area contributed by atoms with E-state index in [9.17, 15) is 0 Å². The summed E-state index contributed by atoms with van der Waals surface area (Å²) >= 11 is 0. The highest BCUT2D eigenvalue weighted by atomic mass is 16.3. The lowest BCUT2D eigenvalue weighted by molar-refractivity contribution is 0.669. The van der Waals surface area contributed by atoms with Gasteiger partial charge in [0.2, 0.25) is 0 Å². The predicted molar refractivity (Wildman–Crippen MR) is 287 cm³/mol. The molecule has 0 amide bonds. The number of furan rings is 1. The molecule has 1 heterocycles. The largest absolute Gasteiger partial charge is 0.453 e. The van der Waals surface area contributed by atoms with Gasteiger partial charge < -0.3 is 9.32 Å². The summed E-state index contributed by atoms with van der Waals surface area (Å²) in [6, 6.07) is 98.8. The van der Waals surface area contributed by atoms with Gasteiger partial charge in [-0.25, -0.2) is 0 Å². The Morgan fingerprint density at radius 2 is 0.710 bits per heavy atom. The number of hydrogen-bond acceptors (Lipinski definition) is 2. The molecule has 69 heavy (non-hydrogen) atoms. The van der Waals surface area contributed by atoms with E-state index in [0.29, 0.717) is 0 Å². The number of hydrogen-bond donors (Lipinski definition) is 0. The van der Waals surface area contributed by atoms with Crippen molar-refractivity contribution in [2.45, 2.75) is 5.41 Å². The van der Waals surface area contributed by atoms with E-state index in [-0.39, 0.29) is 0 Å². The van der Waals surface area contributed by atoms with Crippen LogP contribution < -0.4 is 4.90 Å². The van der Waals surface area contributed by atoms with Crippen LogP contribution in [0, 0.1) is 0 Å². The van der Waals surface area contributed by atoms with Gasteiger partial charge in [-0.15, -0.1) is 0 Å². The molecule has 1 aromatic heterocycles. The molecule has 0 saturated heterocycles. The van der Waals surface area contributed by atoms with Crippen LogP contribution in [-0.4, -0.2) is 0 Å². The van der Waals surface area contributed by atoms with Gasteiger partial charge in [0.15, 0.2) is 5.58 Å². The first-order valence-electron chi connectivity index (χ1n) is 23.7. The summed E-state index contributed by atoms with van der Waals surface area (Å²) in [5, 5.41) is 2.17. The quantitative estimate of drug-likeness (QED) is 0.144. The molecule has 2 heteroatoms. The summed E-state index contributed by atoms with van der Waals surface area (Å²) in [5.41, 5.74) is 21.0. The third-order valence-electron chi connectivity index (χ3n) is 14.2. The molecule has 0 unspecified atom stereocenters. The molecule has 0 radical (unpaired) electrons. The molecule has 1 aliphatic carbocycles. The molecule has 0 aliphatic heterocycles. The highest BCUT2D eigenvalue weighted by Gasteiger charge is 2.47. The van der Waals surface area contributed by atoms with Crippen LogP contribution in [0.1, 0.15) is 22.3 Å². The van der Waals surface area contributed by atoms with E-state index in [2.05, 4.69) is 278 Å². The van der Waals surface area contributed by atoms with E-state index >= 15 is 0 Å². The second-order valence-corrected chi connectivity index (χ2v) is 18.0. The fraction of sp³-hybridized carbons (Fsp3) is 0.0149. The van der Waals surface area contributed by atoms with Gasteiger partial charge in [-0.3, -0.25) is 0 Å². The summed E-state index contributed by atoms with van der Waals surface area (Å²) in [7, 11) is 0. The Labute approximate surface area is 402 Å². The number of anilines is 3. The van der Waals surface area contributed by atoms with Gasteiger partial charge in [0.25, 0.3) is 0 Å². The topological polar surface area (TPSA) is 16.4 Å². The minimum Gasteiger partial charge on any atom is -0.453 e. The standard InChI is InChI=1S/C67H45NO/c1-5-18-46(19-6-1)50-22-15-24-52(44-50)48-34-38-56(39-35-48)68(57-40-36-49(37-41-57)53-25-16-23-51(45-53)47-20-7-2-8-21-47)63-33-17-31-58-59-42-43-62-64(66(59)69-65(58)63)60-30-13-14-32-61(60)67(62,54-26-9-3-10-27-54)55-28-11-4-12-29-55/h1-45H. The molecule has 1 aliphatic rings. The van der Waals surface area contributed by atoms with Gasteiger partial charge in [0.1, 0.15) is 5.58 Å². The van der Waals surface area contributed by atoms with Crippen LogP contribution in [0.4, 0.5) is 17.1 Å². The number of rotatable bonds is 9. The normalized spacial score (nSPS) is 12.5. The molecule has 324 valence electrons. The van der Waals surface area contributed by atoms with E-state index < -0.39 is 5.41 Å². The second-order valence-electron chi connectivity index (χ2n) is 18.0. The summed E-state index contributed by atoms with van der Waals surface area (Å²) in [6.45, 7) is 0. The van der Waals surface area contributed by atoms with Gasteiger partial charge in [-0.1, -0.05) is 231 Å². The van der Waals surface area contributed by atoms with Crippen molar-refractivity contribution in [2.75, 3.05) is 4.90 Å². The average Bonchev–Trinajstić information content (AvgIpc) is 3.97. The van der Waals surface area contributed by atoms with Gasteiger partial charge in [0, 0.05) is 27.7 Å². The molecular formula is C67H45NO. The zero-order chi connectivity index (χ0) is 45.7. The highest BCUT2D eigenvalue weighted by molar-refractivity contribution is 6.15. The second kappa shape index (κ2) is 16.7. The number of benzene rings is 11. The Morgan fingerprint density at radius 1 is 0.290 bits per heavy atom. The highest BCUT2D eigenvalue weighted by Crippen LogP contribution is 2.59. The minimum atomic E-state index is -0.527. The van der Waals surface area contributed by atoms with Crippen LogP contribution in [0.2, 0.25) is 0 Å². The van der Waals surface area contributed by atoms with Crippen LogP contribution in [0.3, 0.4) is 0 Å². The molecule has 0 N–H and O–H groups in total. The lowest BCUT2D eigenvalue weighted by Gasteiger charge is -2.33. The third-order valence-corrected chi connectivity index (χ3v) is 14.2. The number of nitrogens with zero attached hydrogens (tertiary/aromatic N) is 1. The number of fused-ring (bicyclic) bond motifs is 7. The van der Waals surface area contributed by atoms with Gasteiger partial charge in [-0.2, -0.15) is 0 Å². The van der Waals surface area contributed by atoms with Crippen LogP contribution >= 0.6 is 0 Å². The smallest absolute Gasteiger partial charge is 0.159 e. The molecule has 12 aromatic rings. The Morgan fingerprint density at radius 3 is 1.23 bits per heavy atom. The fourth-order valence-electron chi connectivity index (χ4n) is 11.0. The first kappa shape index (κ1) is 40.3. The van der Waals surface area contributed by atoms with Crippen LogP contribution in [0.25, 0.3) is 77.6 Å².